The number of aromatic nitrogens is 2. The molecule has 0 fully saturated rings. The highest BCUT2D eigenvalue weighted by atomic mass is 32.2. The van der Waals surface area contributed by atoms with Gasteiger partial charge in [-0.15, -0.1) is 0 Å². The number of aromatic amines is 1. The number of carboxylic acids is 1. The Balaban J connectivity index is 2.82. The standard InChI is InChI=1S/C14H21N5O5S/c1-8(20)18-11(6-25-2)14(24)19-10(3-9-4-15-7-17-9)13(23)16-5-12(21)22/h4,7,10-11H,3,5-6H2,1-2H3,(H,15,17)(H,16,23)(H,18,20)(H,19,24)(H,21,22)/t10-,11-/m0/s1. The maximum atomic E-state index is 12.4. The molecule has 0 aliphatic rings. The highest BCUT2D eigenvalue weighted by Gasteiger charge is 2.26. The molecule has 138 valence electrons. The Labute approximate surface area is 148 Å². The Morgan fingerprint density at radius 1 is 1.24 bits per heavy atom. The second-order valence-electron chi connectivity index (χ2n) is 5.16. The minimum absolute atomic E-state index is 0.100. The minimum atomic E-state index is -1.20. The van der Waals surface area contributed by atoms with E-state index in [2.05, 4.69) is 25.9 Å². The fourth-order valence-corrected chi connectivity index (χ4v) is 2.55. The molecule has 25 heavy (non-hydrogen) atoms. The number of aliphatic carboxylic acids is 1. The number of carbonyl (C=O) groups excluding carboxylic acids is 3. The molecule has 1 aromatic heterocycles. The van der Waals surface area contributed by atoms with Gasteiger partial charge < -0.3 is 26.0 Å². The van der Waals surface area contributed by atoms with Gasteiger partial charge in [0.2, 0.25) is 17.7 Å². The van der Waals surface area contributed by atoms with Crippen molar-refractivity contribution >= 4 is 35.5 Å². The number of hydrogen-bond donors (Lipinski definition) is 5. The van der Waals surface area contributed by atoms with Gasteiger partial charge in [0.1, 0.15) is 18.6 Å². The van der Waals surface area contributed by atoms with Crippen LogP contribution in [0.4, 0.5) is 0 Å². The molecule has 11 heteroatoms. The highest BCUT2D eigenvalue weighted by molar-refractivity contribution is 7.98. The molecule has 1 heterocycles. The lowest BCUT2D eigenvalue weighted by Crippen LogP contribution is -2.55. The molecule has 1 aromatic rings. The van der Waals surface area contributed by atoms with E-state index in [-0.39, 0.29) is 12.3 Å². The Hall–Kier alpha value is -2.56. The average molecular weight is 371 g/mol. The van der Waals surface area contributed by atoms with Crippen LogP contribution in [-0.4, -0.2) is 69.4 Å². The number of carboxylic acid groups (broad SMARTS) is 1. The SMILES string of the molecule is CSC[C@H](NC(C)=O)C(=O)N[C@@H](Cc1cnc[nH]1)C(=O)NCC(=O)O. The van der Waals surface area contributed by atoms with E-state index >= 15 is 0 Å². The molecular weight excluding hydrogens is 350 g/mol. The summed E-state index contributed by atoms with van der Waals surface area (Å²) in [5.41, 5.74) is 0.594. The number of H-pyrrole nitrogens is 1. The summed E-state index contributed by atoms with van der Waals surface area (Å²) in [6, 6.07) is -1.81. The number of amides is 3. The third-order valence-corrected chi connectivity index (χ3v) is 3.72. The summed E-state index contributed by atoms with van der Waals surface area (Å²) in [6.07, 6.45) is 4.81. The average Bonchev–Trinajstić information content (AvgIpc) is 3.04. The number of imidazole rings is 1. The van der Waals surface area contributed by atoms with Crippen molar-refractivity contribution in [3.05, 3.63) is 18.2 Å². The van der Waals surface area contributed by atoms with E-state index in [4.69, 9.17) is 5.11 Å². The van der Waals surface area contributed by atoms with Gasteiger partial charge in [-0.2, -0.15) is 11.8 Å². The van der Waals surface area contributed by atoms with Crippen LogP contribution in [0.2, 0.25) is 0 Å². The van der Waals surface area contributed by atoms with Gasteiger partial charge >= 0.3 is 5.97 Å². The van der Waals surface area contributed by atoms with E-state index < -0.39 is 36.4 Å². The number of nitrogens with one attached hydrogen (secondary N) is 4. The van der Waals surface area contributed by atoms with E-state index in [9.17, 15) is 19.2 Å². The summed E-state index contributed by atoms with van der Waals surface area (Å²) in [7, 11) is 0. The largest absolute Gasteiger partial charge is 0.480 e. The van der Waals surface area contributed by atoms with Crippen molar-refractivity contribution in [2.75, 3.05) is 18.6 Å². The molecule has 2 atom stereocenters. The van der Waals surface area contributed by atoms with Crippen LogP contribution in [-0.2, 0) is 25.6 Å². The predicted octanol–water partition coefficient (Wildman–Crippen LogP) is -1.49. The predicted molar refractivity (Wildman–Crippen MR) is 90.9 cm³/mol. The molecule has 5 N–H and O–H groups in total. The molecular formula is C14H21N5O5S. The lowest BCUT2D eigenvalue weighted by Gasteiger charge is -2.22. The maximum Gasteiger partial charge on any atom is 0.322 e. The van der Waals surface area contributed by atoms with E-state index in [0.717, 1.165) is 0 Å². The van der Waals surface area contributed by atoms with Crippen molar-refractivity contribution in [1.82, 2.24) is 25.9 Å². The fraction of sp³-hybridized carbons (Fsp3) is 0.500. The van der Waals surface area contributed by atoms with Crippen LogP contribution in [0.1, 0.15) is 12.6 Å². The highest BCUT2D eigenvalue weighted by Crippen LogP contribution is 2.02. The van der Waals surface area contributed by atoms with Crippen molar-refractivity contribution in [3.63, 3.8) is 0 Å². The normalized spacial score (nSPS) is 12.7. The maximum absolute atomic E-state index is 12.4. The summed E-state index contributed by atoms with van der Waals surface area (Å²) in [5, 5.41) is 16.0. The first kappa shape index (κ1) is 20.5. The van der Waals surface area contributed by atoms with Gasteiger partial charge in [-0.1, -0.05) is 0 Å². The van der Waals surface area contributed by atoms with E-state index in [1.807, 2.05) is 0 Å². The first-order valence-corrected chi connectivity index (χ1v) is 8.76. The summed E-state index contributed by atoms with van der Waals surface area (Å²) in [4.78, 5) is 53.1. The number of rotatable bonds is 10. The molecule has 0 aliphatic heterocycles. The van der Waals surface area contributed by atoms with Crippen LogP contribution >= 0.6 is 11.8 Å². The zero-order valence-corrected chi connectivity index (χ0v) is 14.7. The summed E-state index contributed by atoms with van der Waals surface area (Å²) in [5.74, 6) is -2.40. The van der Waals surface area contributed by atoms with Gasteiger partial charge in [0, 0.05) is 31.0 Å². The van der Waals surface area contributed by atoms with Crippen LogP contribution in [0.5, 0.6) is 0 Å². The Bertz CT molecular complexity index is 607. The van der Waals surface area contributed by atoms with E-state index in [0.29, 0.717) is 11.4 Å². The minimum Gasteiger partial charge on any atom is -0.480 e. The van der Waals surface area contributed by atoms with Gasteiger partial charge in [0.05, 0.1) is 6.33 Å². The first-order valence-electron chi connectivity index (χ1n) is 7.36. The van der Waals surface area contributed by atoms with Crippen LogP contribution in [0, 0.1) is 0 Å². The smallest absolute Gasteiger partial charge is 0.322 e. The van der Waals surface area contributed by atoms with Gasteiger partial charge in [-0.25, -0.2) is 4.98 Å². The van der Waals surface area contributed by atoms with E-state index in [1.54, 1.807) is 6.26 Å². The number of nitrogens with zero attached hydrogens (tertiary/aromatic N) is 1. The third-order valence-electron chi connectivity index (χ3n) is 3.05. The second kappa shape index (κ2) is 10.3. The lowest BCUT2D eigenvalue weighted by molar-refractivity contribution is -0.138. The third kappa shape index (κ3) is 7.70. The summed E-state index contributed by atoms with van der Waals surface area (Å²) < 4.78 is 0. The van der Waals surface area contributed by atoms with Crippen LogP contribution in [0.3, 0.4) is 0 Å². The number of hydrogen-bond acceptors (Lipinski definition) is 6. The summed E-state index contributed by atoms with van der Waals surface area (Å²) >= 11 is 1.37. The lowest BCUT2D eigenvalue weighted by atomic mass is 10.1. The Morgan fingerprint density at radius 2 is 1.96 bits per heavy atom. The summed E-state index contributed by atoms with van der Waals surface area (Å²) in [6.45, 7) is 0.733. The molecule has 0 spiro atoms. The molecule has 0 bridgehead atoms. The first-order chi connectivity index (χ1) is 11.8. The van der Waals surface area contributed by atoms with Crippen molar-refractivity contribution in [2.45, 2.75) is 25.4 Å². The zero-order valence-electron chi connectivity index (χ0n) is 13.9. The zero-order chi connectivity index (χ0) is 18.8. The van der Waals surface area contributed by atoms with E-state index in [1.165, 1.54) is 31.2 Å². The molecule has 3 amide bonds. The van der Waals surface area contributed by atoms with Gasteiger partial charge in [0.15, 0.2) is 0 Å². The number of thioether (sulfide) groups is 1. The fourth-order valence-electron chi connectivity index (χ4n) is 1.98. The monoisotopic (exact) mass is 371 g/mol. The van der Waals surface area contributed by atoms with Crippen LogP contribution < -0.4 is 16.0 Å². The molecule has 10 nitrogen and oxygen atoms in total. The van der Waals surface area contributed by atoms with Crippen molar-refractivity contribution in [2.24, 2.45) is 0 Å². The molecule has 0 aromatic carbocycles. The molecule has 0 saturated heterocycles. The van der Waals surface area contributed by atoms with Crippen molar-refractivity contribution in [1.29, 1.82) is 0 Å². The molecule has 0 radical (unpaired) electrons. The molecule has 0 aliphatic carbocycles. The second-order valence-corrected chi connectivity index (χ2v) is 6.07. The molecule has 0 saturated carbocycles. The van der Waals surface area contributed by atoms with Crippen LogP contribution in [0.25, 0.3) is 0 Å². The Morgan fingerprint density at radius 3 is 2.48 bits per heavy atom. The van der Waals surface area contributed by atoms with Crippen molar-refractivity contribution < 1.29 is 24.3 Å². The quantitative estimate of drug-likeness (QED) is 0.336. The van der Waals surface area contributed by atoms with Crippen LogP contribution in [0.15, 0.2) is 12.5 Å². The van der Waals surface area contributed by atoms with Gasteiger partial charge in [-0.05, 0) is 6.26 Å². The topological polar surface area (TPSA) is 153 Å². The van der Waals surface area contributed by atoms with Gasteiger partial charge in [0.25, 0.3) is 0 Å². The van der Waals surface area contributed by atoms with Gasteiger partial charge in [-0.3, -0.25) is 19.2 Å². The number of carbonyl (C=O) groups is 4. The molecule has 1 rings (SSSR count). The van der Waals surface area contributed by atoms with Crippen molar-refractivity contribution in [3.8, 4) is 0 Å². The molecule has 0 unspecified atom stereocenters. The Kier molecular flexibility index (Phi) is 8.47.